The summed E-state index contributed by atoms with van der Waals surface area (Å²) in [4.78, 5) is 18.2. The van der Waals surface area contributed by atoms with Crippen LogP contribution in [0.5, 0.6) is 0 Å². The SMILES string of the molecule is NCCCN(Cc1cccnc1)C(=O)c1cccc(F)c1. The third-order valence-corrected chi connectivity index (χ3v) is 3.09. The molecule has 2 rings (SSSR count). The molecule has 0 spiro atoms. The molecule has 1 heterocycles. The third-order valence-electron chi connectivity index (χ3n) is 3.09. The van der Waals surface area contributed by atoms with E-state index >= 15 is 0 Å². The summed E-state index contributed by atoms with van der Waals surface area (Å²) in [6.45, 7) is 1.46. The highest BCUT2D eigenvalue weighted by Gasteiger charge is 2.16. The van der Waals surface area contributed by atoms with Crippen molar-refractivity contribution in [3.8, 4) is 0 Å². The zero-order valence-electron chi connectivity index (χ0n) is 11.7. The monoisotopic (exact) mass is 287 g/mol. The van der Waals surface area contributed by atoms with Crippen LogP contribution in [0.15, 0.2) is 48.8 Å². The Morgan fingerprint density at radius 3 is 2.81 bits per heavy atom. The summed E-state index contributed by atoms with van der Waals surface area (Å²) in [5.41, 5.74) is 6.80. The highest BCUT2D eigenvalue weighted by molar-refractivity contribution is 5.94. The predicted molar refractivity (Wildman–Crippen MR) is 79.0 cm³/mol. The first-order valence-corrected chi connectivity index (χ1v) is 6.84. The number of rotatable bonds is 6. The number of pyridine rings is 1. The van der Waals surface area contributed by atoms with Gasteiger partial charge in [0, 0.05) is 31.0 Å². The van der Waals surface area contributed by atoms with Gasteiger partial charge in [0.15, 0.2) is 0 Å². The van der Waals surface area contributed by atoms with Crippen LogP contribution in [-0.4, -0.2) is 28.9 Å². The molecule has 2 N–H and O–H groups in total. The van der Waals surface area contributed by atoms with Gasteiger partial charge in [-0.05, 0) is 42.8 Å². The van der Waals surface area contributed by atoms with Gasteiger partial charge in [0.2, 0.25) is 0 Å². The van der Waals surface area contributed by atoms with Gasteiger partial charge in [-0.15, -0.1) is 0 Å². The Labute approximate surface area is 123 Å². The third kappa shape index (κ3) is 4.36. The minimum Gasteiger partial charge on any atom is -0.334 e. The van der Waals surface area contributed by atoms with Crippen molar-refractivity contribution in [1.82, 2.24) is 9.88 Å². The molecular weight excluding hydrogens is 269 g/mol. The molecule has 2 aromatic rings. The predicted octanol–water partition coefficient (Wildman–Crippen LogP) is 2.21. The van der Waals surface area contributed by atoms with Crippen molar-refractivity contribution in [3.63, 3.8) is 0 Å². The van der Waals surface area contributed by atoms with Crippen LogP contribution >= 0.6 is 0 Å². The van der Waals surface area contributed by atoms with Gasteiger partial charge in [0.25, 0.3) is 5.91 Å². The number of amides is 1. The van der Waals surface area contributed by atoms with E-state index in [-0.39, 0.29) is 5.91 Å². The van der Waals surface area contributed by atoms with Crippen LogP contribution in [-0.2, 0) is 6.54 Å². The number of carbonyl (C=O) groups excluding carboxylic acids is 1. The zero-order chi connectivity index (χ0) is 15.1. The van der Waals surface area contributed by atoms with Crippen molar-refractivity contribution in [2.45, 2.75) is 13.0 Å². The second-order valence-electron chi connectivity index (χ2n) is 4.74. The van der Waals surface area contributed by atoms with Crippen molar-refractivity contribution in [1.29, 1.82) is 0 Å². The van der Waals surface area contributed by atoms with Gasteiger partial charge in [-0.3, -0.25) is 9.78 Å². The lowest BCUT2D eigenvalue weighted by molar-refractivity contribution is 0.0741. The molecule has 1 aromatic heterocycles. The summed E-state index contributed by atoms with van der Waals surface area (Å²) in [5.74, 6) is -0.618. The van der Waals surface area contributed by atoms with E-state index in [1.165, 1.54) is 18.2 Å². The van der Waals surface area contributed by atoms with E-state index < -0.39 is 5.82 Å². The molecule has 0 unspecified atom stereocenters. The molecule has 0 saturated carbocycles. The Kier molecular flexibility index (Phi) is 5.40. The lowest BCUT2D eigenvalue weighted by Gasteiger charge is -2.22. The van der Waals surface area contributed by atoms with Crippen LogP contribution in [0, 0.1) is 5.82 Å². The lowest BCUT2D eigenvalue weighted by Crippen LogP contribution is -2.32. The molecule has 0 aliphatic carbocycles. The number of nitrogens with zero attached hydrogens (tertiary/aromatic N) is 2. The standard InChI is InChI=1S/C16H18FN3O/c17-15-6-1-5-14(10-15)16(21)20(9-3-7-18)12-13-4-2-8-19-11-13/h1-2,4-6,8,10-11H,3,7,9,12,18H2. The largest absolute Gasteiger partial charge is 0.334 e. The van der Waals surface area contributed by atoms with Crippen molar-refractivity contribution in [2.24, 2.45) is 5.73 Å². The minimum atomic E-state index is -0.416. The molecule has 0 aliphatic rings. The van der Waals surface area contributed by atoms with Crippen LogP contribution in [0.3, 0.4) is 0 Å². The average molecular weight is 287 g/mol. The van der Waals surface area contributed by atoms with E-state index in [0.717, 1.165) is 5.56 Å². The maximum Gasteiger partial charge on any atom is 0.254 e. The molecule has 0 atom stereocenters. The molecule has 0 saturated heterocycles. The van der Waals surface area contributed by atoms with Gasteiger partial charge in [0.1, 0.15) is 5.82 Å². The molecule has 0 aliphatic heterocycles. The first-order valence-electron chi connectivity index (χ1n) is 6.84. The maximum absolute atomic E-state index is 13.3. The second kappa shape index (κ2) is 7.50. The fraction of sp³-hybridized carbons (Fsp3) is 0.250. The van der Waals surface area contributed by atoms with E-state index in [9.17, 15) is 9.18 Å². The van der Waals surface area contributed by atoms with Crippen molar-refractivity contribution >= 4 is 5.91 Å². The maximum atomic E-state index is 13.3. The first kappa shape index (κ1) is 15.1. The summed E-state index contributed by atoms with van der Waals surface area (Å²) in [7, 11) is 0. The van der Waals surface area contributed by atoms with Crippen LogP contribution in [0.1, 0.15) is 22.3 Å². The smallest absolute Gasteiger partial charge is 0.254 e. The van der Waals surface area contributed by atoms with Crippen molar-refractivity contribution in [2.75, 3.05) is 13.1 Å². The van der Waals surface area contributed by atoms with Gasteiger partial charge in [0.05, 0.1) is 0 Å². The zero-order valence-corrected chi connectivity index (χ0v) is 11.7. The van der Waals surface area contributed by atoms with Crippen LogP contribution in [0.25, 0.3) is 0 Å². The number of carbonyl (C=O) groups is 1. The lowest BCUT2D eigenvalue weighted by atomic mass is 10.1. The van der Waals surface area contributed by atoms with Crippen molar-refractivity contribution < 1.29 is 9.18 Å². The molecule has 0 radical (unpaired) electrons. The Morgan fingerprint density at radius 1 is 1.29 bits per heavy atom. The van der Waals surface area contributed by atoms with Crippen LogP contribution in [0.2, 0.25) is 0 Å². The molecule has 1 amide bonds. The van der Waals surface area contributed by atoms with Crippen LogP contribution in [0.4, 0.5) is 4.39 Å². The van der Waals surface area contributed by atoms with E-state index in [1.807, 2.05) is 12.1 Å². The topological polar surface area (TPSA) is 59.2 Å². The highest BCUT2D eigenvalue weighted by Crippen LogP contribution is 2.11. The minimum absolute atomic E-state index is 0.202. The fourth-order valence-corrected chi connectivity index (χ4v) is 2.05. The Morgan fingerprint density at radius 2 is 2.14 bits per heavy atom. The van der Waals surface area contributed by atoms with E-state index in [1.54, 1.807) is 23.4 Å². The quantitative estimate of drug-likeness (QED) is 0.886. The van der Waals surface area contributed by atoms with Crippen molar-refractivity contribution in [3.05, 3.63) is 65.7 Å². The summed E-state index contributed by atoms with van der Waals surface area (Å²) < 4.78 is 13.3. The highest BCUT2D eigenvalue weighted by atomic mass is 19.1. The molecular formula is C16H18FN3O. The first-order chi connectivity index (χ1) is 10.2. The van der Waals surface area contributed by atoms with Gasteiger partial charge in [-0.1, -0.05) is 12.1 Å². The number of benzene rings is 1. The number of nitrogens with two attached hydrogens (primary N) is 1. The molecule has 21 heavy (non-hydrogen) atoms. The van der Waals surface area contributed by atoms with Gasteiger partial charge < -0.3 is 10.6 Å². The Hall–Kier alpha value is -2.27. The Balaban J connectivity index is 2.17. The van der Waals surface area contributed by atoms with Crippen LogP contribution < -0.4 is 5.73 Å². The molecule has 5 heteroatoms. The fourth-order valence-electron chi connectivity index (χ4n) is 2.05. The number of halogens is 1. The Bertz CT molecular complexity index is 589. The number of aromatic nitrogens is 1. The molecule has 0 fully saturated rings. The summed E-state index contributed by atoms with van der Waals surface area (Å²) in [5, 5.41) is 0. The van der Waals surface area contributed by atoms with Gasteiger partial charge in [-0.2, -0.15) is 0 Å². The average Bonchev–Trinajstić information content (AvgIpc) is 2.51. The van der Waals surface area contributed by atoms with Gasteiger partial charge in [-0.25, -0.2) is 4.39 Å². The van der Waals surface area contributed by atoms with Gasteiger partial charge >= 0.3 is 0 Å². The number of hydrogen-bond acceptors (Lipinski definition) is 3. The second-order valence-corrected chi connectivity index (χ2v) is 4.74. The summed E-state index contributed by atoms with van der Waals surface area (Å²) in [6.07, 6.45) is 4.09. The molecule has 1 aromatic carbocycles. The van der Waals surface area contributed by atoms with E-state index in [4.69, 9.17) is 5.73 Å². The molecule has 110 valence electrons. The normalized spacial score (nSPS) is 10.4. The summed E-state index contributed by atoms with van der Waals surface area (Å²) in [6, 6.07) is 9.45. The molecule has 0 bridgehead atoms. The van der Waals surface area contributed by atoms with E-state index in [0.29, 0.717) is 31.6 Å². The summed E-state index contributed by atoms with van der Waals surface area (Å²) >= 11 is 0. The number of hydrogen-bond donors (Lipinski definition) is 1. The van der Waals surface area contributed by atoms with E-state index in [2.05, 4.69) is 4.98 Å². The molecule has 4 nitrogen and oxygen atoms in total.